The maximum Gasteiger partial charge on any atom is 0.305 e. The van der Waals surface area contributed by atoms with Crippen molar-refractivity contribution in [2.45, 2.75) is 45.4 Å². The van der Waals surface area contributed by atoms with Crippen LogP contribution in [0.2, 0.25) is 0 Å². The van der Waals surface area contributed by atoms with Crippen molar-refractivity contribution in [2.75, 3.05) is 20.2 Å². The fourth-order valence-corrected chi connectivity index (χ4v) is 2.44. The first-order chi connectivity index (χ1) is 7.74. The summed E-state index contributed by atoms with van der Waals surface area (Å²) >= 11 is 0. The standard InChI is InChI=1S/C13H25NO2/c1-11-6-3-4-7-12(11)10-14-9-5-8-13(15)16-2/h11-12,14H,3-10H2,1-2H3. The van der Waals surface area contributed by atoms with Crippen molar-refractivity contribution >= 4 is 5.97 Å². The molecular formula is C13H25NO2. The molecule has 2 unspecified atom stereocenters. The molecule has 0 bridgehead atoms. The van der Waals surface area contributed by atoms with E-state index in [0.717, 1.165) is 31.3 Å². The third-order valence-corrected chi connectivity index (χ3v) is 3.66. The Morgan fingerprint density at radius 2 is 2.12 bits per heavy atom. The van der Waals surface area contributed by atoms with Gasteiger partial charge in [0.15, 0.2) is 0 Å². The first kappa shape index (κ1) is 13.5. The van der Waals surface area contributed by atoms with Crippen LogP contribution in [0.3, 0.4) is 0 Å². The van der Waals surface area contributed by atoms with Crippen LogP contribution in [0, 0.1) is 11.8 Å². The molecule has 1 aliphatic carbocycles. The summed E-state index contributed by atoms with van der Waals surface area (Å²) in [5, 5.41) is 3.46. The molecule has 1 fully saturated rings. The van der Waals surface area contributed by atoms with Crippen molar-refractivity contribution in [2.24, 2.45) is 11.8 Å². The van der Waals surface area contributed by atoms with Gasteiger partial charge in [-0.05, 0) is 37.8 Å². The van der Waals surface area contributed by atoms with Gasteiger partial charge in [-0.3, -0.25) is 4.79 Å². The van der Waals surface area contributed by atoms with Gasteiger partial charge in [0.2, 0.25) is 0 Å². The van der Waals surface area contributed by atoms with Gasteiger partial charge in [0, 0.05) is 6.42 Å². The zero-order chi connectivity index (χ0) is 11.8. The number of hydrogen-bond acceptors (Lipinski definition) is 3. The predicted octanol–water partition coefficient (Wildman–Crippen LogP) is 2.36. The minimum absolute atomic E-state index is 0.104. The summed E-state index contributed by atoms with van der Waals surface area (Å²) in [6.45, 7) is 4.40. The summed E-state index contributed by atoms with van der Waals surface area (Å²) in [5.41, 5.74) is 0. The molecule has 1 aliphatic rings. The Morgan fingerprint density at radius 3 is 2.81 bits per heavy atom. The summed E-state index contributed by atoms with van der Waals surface area (Å²) < 4.78 is 4.60. The quantitative estimate of drug-likeness (QED) is 0.559. The summed E-state index contributed by atoms with van der Waals surface area (Å²) in [6, 6.07) is 0. The summed E-state index contributed by atoms with van der Waals surface area (Å²) in [6.07, 6.45) is 6.95. The fourth-order valence-electron chi connectivity index (χ4n) is 2.44. The summed E-state index contributed by atoms with van der Waals surface area (Å²) in [4.78, 5) is 10.9. The first-order valence-corrected chi connectivity index (χ1v) is 6.51. The number of nitrogens with one attached hydrogen (secondary N) is 1. The third-order valence-electron chi connectivity index (χ3n) is 3.66. The molecule has 0 aliphatic heterocycles. The van der Waals surface area contributed by atoms with Gasteiger partial charge in [-0.25, -0.2) is 0 Å². The monoisotopic (exact) mass is 227 g/mol. The zero-order valence-corrected chi connectivity index (χ0v) is 10.6. The van der Waals surface area contributed by atoms with Gasteiger partial charge >= 0.3 is 5.97 Å². The highest BCUT2D eigenvalue weighted by Crippen LogP contribution is 2.28. The highest BCUT2D eigenvalue weighted by atomic mass is 16.5. The molecule has 1 rings (SSSR count). The van der Waals surface area contributed by atoms with Crippen molar-refractivity contribution < 1.29 is 9.53 Å². The van der Waals surface area contributed by atoms with Crippen LogP contribution in [0.4, 0.5) is 0 Å². The van der Waals surface area contributed by atoms with Crippen LogP contribution in [0.5, 0.6) is 0 Å². The second-order valence-electron chi connectivity index (χ2n) is 4.91. The predicted molar refractivity (Wildman–Crippen MR) is 65.2 cm³/mol. The van der Waals surface area contributed by atoms with Gasteiger partial charge < -0.3 is 10.1 Å². The van der Waals surface area contributed by atoms with E-state index in [1.54, 1.807) is 0 Å². The number of esters is 1. The third kappa shape index (κ3) is 4.97. The van der Waals surface area contributed by atoms with E-state index in [1.807, 2.05) is 0 Å². The van der Waals surface area contributed by atoms with Gasteiger partial charge in [0.05, 0.1) is 7.11 Å². The van der Waals surface area contributed by atoms with E-state index in [2.05, 4.69) is 17.0 Å². The number of hydrogen-bond donors (Lipinski definition) is 1. The zero-order valence-electron chi connectivity index (χ0n) is 10.6. The van der Waals surface area contributed by atoms with Crippen molar-refractivity contribution in [1.29, 1.82) is 0 Å². The Balaban J connectivity index is 1.99. The molecule has 0 heterocycles. The lowest BCUT2D eigenvalue weighted by Crippen LogP contribution is -2.30. The molecular weight excluding hydrogens is 202 g/mol. The molecule has 0 aromatic carbocycles. The van der Waals surface area contributed by atoms with E-state index >= 15 is 0 Å². The topological polar surface area (TPSA) is 38.3 Å². The average molecular weight is 227 g/mol. The van der Waals surface area contributed by atoms with Crippen LogP contribution >= 0.6 is 0 Å². The number of carbonyl (C=O) groups is 1. The second kappa shape index (κ2) is 7.66. The molecule has 1 saturated carbocycles. The Morgan fingerprint density at radius 1 is 1.38 bits per heavy atom. The molecule has 0 radical (unpaired) electrons. The summed E-state index contributed by atoms with van der Waals surface area (Å²) in [7, 11) is 1.44. The fraction of sp³-hybridized carbons (Fsp3) is 0.923. The van der Waals surface area contributed by atoms with E-state index in [1.165, 1.54) is 32.8 Å². The van der Waals surface area contributed by atoms with E-state index < -0.39 is 0 Å². The highest BCUT2D eigenvalue weighted by Gasteiger charge is 2.20. The van der Waals surface area contributed by atoms with E-state index in [4.69, 9.17) is 0 Å². The van der Waals surface area contributed by atoms with Gasteiger partial charge in [-0.1, -0.05) is 26.2 Å². The van der Waals surface area contributed by atoms with E-state index in [-0.39, 0.29) is 5.97 Å². The Hall–Kier alpha value is -0.570. The van der Waals surface area contributed by atoms with Crippen molar-refractivity contribution in [3.8, 4) is 0 Å². The van der Waals surface area contributed by atoms with Crippen LogP contribution < -0.4 is 5.32 Å². The molecule has 0 spiro atoms. The lowest BCUT2D eigenvalue weighted by molar-refractivity contribution is -0.140. The van der Waals surface area contributed by atoms with E-state index in [9.17, 15) is 4.79 Å². The molecule has 94 valence electrons. The van der Waals surface area contributed by atoms with Crippen LogP contribution in [0.1, 0.15) is 45.4 Å². The second-order valence-corrected chi connectivity index (χ2v) is 4.91. The van der Waals surface area contributed by atoms with Crippen LogP contribution in [-0.2, 0) is 9.53 Å². The summed E-state index contributed by atoms with van der Waals surface area (Å²) in [5.74, 6) is 1.60. The van der Waals surface area contributed by atoms with Gasteiger partial charge in [0.25, 0.3) is 0 Å². The Labute approximate surface area is 98.9 Å². The average Bonchev–Trinajstić information content (AvgIpc) is 2.30. The lowest BCUT2D eigenvalue weighted by Gasteiger charge is -2.28. The maximum atomic E-state index is 10.9. The van der Waals surface area contributed by atoms with Gasteiger partial charge in [-0.15, -0.1) is 0 Å². The molecule has 2 atom stereocenters. The number of carbonyl (C=O) groups excluding carboxylic acids is 1. The largest absolute Gasteiger partial charge is 0.469 e. The normalized spacial score (nSPS) is 25.4. The van der Waals surface area contributed by atoms with Crippen LogP contribution in [0.25, 0.3) is 0 Å². The van der Waals surface area contributed by atoms with Gasteiger partial charge in [0.1, 0.15) is 0 Å². The molecule has 3 heteroatoms. The van der Waals surface area contributed by atoms with Gasteiger partial charge in [-0.2, -0.15) is 0 Å². The number of methoxy groups -OCH3 is 1. The highest BCUT2D eigenvalue weighted by molar-refractivity contribution is 5.69. The molecule has 16 heavy (non-hydrogen) atoms. The maximum absolute atomic E-state index is 10.9. The molecule has 0 saturated heterocycles. The SMILES string of the molecule is COC(=O)CCCNCC1CCCCC1C. The Kier molecular flexibility index (Phi) is 6.46. The minimum atomic E-state index is -0.104. The molecule has 3 nitrogen and oxygen atoms in total. The first-order valence-electron chi connectivity index (χ1n) is 6.51. The van der Waals surface area contributed by atoms with Crippen LogP contribution in [0.15, 0.2) is 0 Å². The molecule has 0 aromatic heterocycles. The molecule has 1 N–H and O–H groups in total. The lowest BCUT2D eigenvalue weighted by atomic mass is 9.80. The number of rotatable bonds is 6. The smallest absolute Gasteiger partial charge is 0.305 e. The minimum Gasteiger partial charge on any atom is -0.469 e. The Bertz CT molecular complexity index is 206. The number of ether oxygens (including phenoxy) is 1. The van der Waals surface area contributed by atoms with Crippen molar-refractivity contribution in [3.63, 3.8) is 0 Å². The molecule has 0 amide bonds. The molecule has 0 aromatic rings. The van der Waals surface area contributed by atoms with Crippen LogP contribution in [-0.4, -0.2) is 26.2 Å². The van der Waals surface area contributed by atoms with E-state index in [0.29, 0.717) is 6.42 Å². The van der Waals surface area contributed by atoms with Crippen molar-refractivity contribution in [3.05, 3.63) is 0 Å². The van der Waals surface area contributed by atoms with Crippen molar-refractivity contribution in [1.82, 2.24) is 5.32 Å².